The number of sulfonamides is 1. The fourth-order valence-corrected chi connectivity index (χ4v) is 2.86. The number of hydrogen-bond acceptors (Lipinski definition) is 7. The van der Waals surface area contributed by atoms with E-state index in [-0.39, 0.29) is 29.5 Å². The maximum atomic E-state index is 12.3. The topological polar surface area (TPSA) is 116 Å². The molecule has 0 aromatic heterocycles. The second-order valence-corrected chi connectivity index (χ2v) is 6.51. The Labute approximate surface area is 134 Å². The molecule has 128 valence electrons. The van der Waals surface area contributed by atoms with Crippen molar-refractivity contribution >= 4 is 27.4 Å². The lowest BCUT2D eigenvalue weighted by atomic mass is 10.2. The zero-order valence-electron chi connectivity index (χ0n) is 13.0. The molecule has 0 aliphatic carbocycles. The van der Waals surface area contributed by atoms with Crippen LogP contribution >= 0.6 is 0 Å². The Morgan fingerprint density at radius 2 is 2.00 bits per heavy atom. The normalized spacial score (nSPS) is 10.9. The molecule has 0 aliphatic heterocycles. The number of nitrogens with zero attached hydrogens (tertiary/aromatic N) is 2. The van der Waals surface area contributed by atoms with Crippen molar-refractivity contribution in [3.8, 4) is 5.75 Å². The van der Waals surface area contributed by atoms with E-state index in [9.17, 15) is 23.3 Å². The molecule has 0 heterocycles. The lowest BCUT2D eigenvalue weighted by molar-refractivity contribution is -0.384. The first-order valence-corrected chi connectivity index (χ1v) is 8.36. The highest BCUT2D eigenvalue weighted by Gasteiger charge is 2.28. The molecule has 0 fully saturated rings. The molecule has 1 aromatic rings. The molecule has 0 aliphatic rings. The summed E-state index contributed by atoms with van der Waals surface area (Å²) in [4.78, 5) is 22.0. The van der Waals surface area contributed by atoms with Crippen LogP contribution in [-0.4, -0.2) is 45.3 Å². The van der Waals surface area contributed by atoms with Crippen LogP contribution in [0.4, 0.5) is 11.4 Å². The first-order valence-electron chi connectivity index (χ1n) is 6.75. The van der Waals surface area contributed by atoms with Crippen molar-refractivity contribution in [3.05, 3.63) is 28.3 Å². The molecular formula is C13H18N2O7S. The van der Waals surface area contributed by atoms with Crippen molar-refractivity contribution < 1.29 is 27.6 Å². The zero-order valence-corrected chi connectivity index (χ0v) is 13.8. The maximum absolute atomic E-state index is 12.3. The van der Waals surface area contributed by atoms with Crippen LogP contribution in [-0.2, 0) is 19.6 Å². The van der Waals surface area contributed by atoms with Crippen LogP contribution in [0.1, 0.15) is 13.8 Å². The minimum absolute atomic E-state index is 0.0865. The van der Waals surface area contributed by atoms with Gasteiger partial charge in [0, 0.05) is 12.1 Å². The Balaban J connectivity index is 3.43. The zero-order chi connectivity index (χ0) is 17.6. The number of anilines is 1. The van der Waals surface area contributed by atoms with Crippen LogP contribution in [0.15, 0.2) is 18.2 Å². The SMILES string of the molecule is CCOC(=O)CN(c1cc([N+](=O)[O-])ccc1OC)S(=O)(=O)CC. The number of esters is 1. The van der Waals surface area contributed by atoms with Gasteiger partial charge in [-0.05, 0) is 19.9 Å². The molecule has 0 saturated carbocycles. The van der Waals surface area contributed by atoms with Gasteiger partial charge in [0.2, 0.25) is 10.0 Å². The largest absolute Gasteiger partial charge is 0.495 e. The monoisotopic (exact) mass is 346 g/mol. The van der Waals surface area contributed by atoms with Crippen LogP contribution in [0.5, 0.6) is 5.75 Å². The molecule has 0 radical (unpaired) electrons. The van der Waals surface area contributed by atoms with Crippen LogP contribution in [0.2, 0.25) is 0 Å². The number of non-ortho nitro benzene ring substituents is 1. The molecule has 0 spiro atoms. The van der Waals surface area contributed by atoms with Crippen molar-refractivity contribution in [2.24, 2.45) is 0 Å². The molecule has 0 atom stereocenters. The summed E-state index contributed by atoms with van der Waals surface area (Å²) in [6.45, 7) is 2.48. The van der Waals surface area contributed by atoms with E-state index in [1.165, 1.54) is 26.2 Å². The van der Waals surface area contributed by atoms with E-state index in [1.54, 1.807) is 6.92 Å². The van der Waals surface area contributed by atoms with Gasteiger partial charge < -0.3 is 9.47 Å². The molecule has 23 heavy (non-hydrogen) atoms. The van der Waals surface area contributed by atoms with E-state index in [0.717, 1.165) is 10.4 Å². The number of benzene rings is 1. The summed E-state index contributed by atoms with van der Waals surface area (Å²) in [5.41, 5.74) is -0.405. The Morgan fingerprint density at radius 3 is 2.48 bits per heavy atom. The third kappa shape index (κ3) is 4.55. The molecule has 1 rings (SSSR count). The molecule has 0 amide bonds. The number of methoxy groups -OCH3 is 1. The Hall–Kier alpha value is -2.36. The average Bonchev–Trinajstić information content (AvgIpc) is 2.52. The molecule has 0 N–H and O–H groups in total. The molecular weight excluding hydrogens is 328 g/mol. The molecule has 0 bridgehead atoms. The van der Waals surface area contributed by atoms with Crippen LogP contribution in [0.3, 0.4) is 0 Å². The average molecular weight is 346 g/mol. The van der Waals surface area contributed by atoms with Gasteiger partial charge in [0.25, 0.3) is 5.69 Å². The summed E-state index contributed by atoms with van der Waals surface area (Å²) >= 11 is 0. The van der Waals surface area contributed by atoms with Gasteiger partial charge in [0.1, 0.15) is 18.0 Å². The summed E-state index contributed by atoms with van der Waals surface area (Å²) in [5, 5.41) is 10.9. The van der Waals surface area contributed by atoms with Gasteiger partial charge in [0.05, 0.1) is 24.4 Å². The van der Waals surface area contributed by atoms with Gasteiger partial charge in [-0.2, -0.15) is 0 Å². The summed E-state index contributed by atoms with van der Waals surface area (Å²) in [5.74, 6) is -0.965. The molecule has 10 heteroatoms. The van der Waals surface area contributed by atoms with Crippen molar-refractivity contribution in [1.82, 2.24) is 0 Å². The number of ether oxygens (including phenoxy) is 2. The second-order valence-electron chi connectivity index (χ2n) is 4.33. The first-order chi connectivity index (χ1) is 10.8. The number of carbonyl (C=O) groups excluding carboxylic acids is 1. The third-order valence-electron chi connectivity index (χ3n) is 2.92. The summed E-state index contributed by atoms with van der Waals surface area (Å²) in [6.07, 6.45) is 0. The minimum Gasteiger partial charge on any atom is -0.495 e. The highest BCUT2D eigenvalue weighted by atomic mass is 32.2. The van der Waals surface area contributed by atoms with E-state index < -0.39 is 27.5 Å². The summed E-state index contributed by atoms with van der Waals surface area (Å²) in [7, 11) is -2.57. The van der Waals surface area contributed by atoms with Crippen molar-refractivity contribution in [2.45, 2.75) is 13.8 Å². The van der Waals surface area contributed by atoms with E-state index in [0.29, 0.717) is 0 Å². The molecule has 1 aromatic carbocycles. The highest BCUT2D eigenvalue weighted by molar-refractivity contribution is 7.92. The van der Waals surface area contributed by atoms with Gasteiger partial charge in [-0.25, -0.2) is 8.42 Å². The summed E-state index contributed by atoms with van der Waals surface area (Å²) in [6, 6.07) is 3.51. The van der Waals surface area contributed by atoms with Gasteiger partial charge in [0.15, 0.2) is 0 Å². The lowest BCUT2D eigenvalue weighted by Crippen LogP contribution is -2.37. The van der Waals surface area contributed by atoms with Gasteiger partial charge in [-0.1, -0.05) is 0 Å². The number of nitro benzene ring substituents is 1. The van der Waals surface area contributed by atoms with Gasteiger partial charge in [-0.15, -0.1) is 0 Å². The standard InChI is InChI=1S/C13H18N2O7S/c1-4-22-13(16)9-14(23(19,20)5-2)11-8-10(15(17)18)6-7-12(11)21-3/h6-8H,4-5,9H2,1-3H3. The number of rotatable bonds is 8. The predicted molar refractivity (Wildman–Crippen MR) is 83.1 cm³/mol. The minimum atomic E-state index is -3.87. The molecule has 9 nitrogen and oxygen atoms in total. The van der Waals surface area contributed by atoms with E-state index in [2.05, 4.69) is 0 Å². The summed E-state index contributed by atoms with van der Waals surface area (Å²) < 4.78 is 35.2. The van der Waals surface area contributed by atoms with Crippen LogP contribution < -0.4 is 9.04 Å². The predicted octanol–water partition coefficient (Wildman–Crippen LogP) is 1.32. The Bertz CT molecular complexity index is 688. The third-order valence-corrected chi connectivity index (χ3v) is 4.65. The quantitative estimate of drug-likeness (QED) is 0.396. The maximum Gasteiger partial charge on any atom is 0.326 e. The van der Waals surface area contributed by atoms with Gasteiger partial charge in [-0.3, -0.25) is 19.2 Å². The highest BCUT2D eigenvalue weighted by Crippen LogP contribution is 2.34. The van der Waals surface area contributed by atoms with Crippen molar-refractivity contribution in [1.29, 1.82) is 0 Å². The van der Waals surface area contributed by atoms with E-state index in [4.69, 9.17) is 9.47 Å². The smallest absolute Gasteiger partial charge is 0.326 e. The first kappa shape index (κ1) is 18.7. The van der Waals surface area contributed by atoms with E-state index in [1.807, 2.05) is 0 Å². The fourth-order valence-electron chi connectivity index (χ4n) is 1.80. The number of carbonyl (C=O) groups is 1. The second kappa shape index (κ2) is 7.77. The number of nitro groups is 1. The van der Waals surface area contributed by atoms with Crippen molar-refractivity contribution in [2.75, 3.05) is 30.3 Å². The van der Waals surface area contributed by atoms with E-state index >= 15 is 0 Å². The Kier molecular flexibility index (Phi) is 6.31. The van der Waals surface area contributed by atoms with Crippen molar-refractivity contribution in [3.63, 3.8) is 0 Å². The van der Waals surface area contributed by atoms with Crippen LogP contribution in [0.25, 0.3) is 0 Å². The van der Waals surface area contributed by atoms with Crippen LogP contribution in [0, 0.1) is 10.1 Å². The van der Waals surface area contributed by atoms with Gasteiger partial charge >= 0.3 is 5.97 Å². The number of hydrogen-bond donors (Lipinski definition) is 0. The molecule has 0 saturated heterocycles. The Morgan fingerprint density at radius 1 is 1.35 bits per heavy atom. The molecule has 0 unspecified atom stereocenters. The lowest BCUT2D eigenvalue weighted by Gasteiger charge is -2.24. The fraction of sp³-hybridized carbons (Fsp3) is 0.462.